The van der Waals surface area contributed by atoms with E-state index >= 15 is 0 Å². The van der Waals surface area contributed by atoms with Crippen molar-refractivity contribution in [2.45, 2.75) is 9.79 Å². The summed E-state index contributed by atoms with van der Waals surface area (Å²) >= 11 is 0. The van der Waals surface area contributed by atoms with E-state index in [0.717, 1.165) is 0 Å². The second-order valence-corrected chi connectivity index (χ2v) is 8.85. The van der Waals surface area contributed by atoms with Gasteiger partial charge in [0.2, 0.25) is 9.84 Å². The first-order chi connectivity index (χ1) is 14.8. The summed E-state index contributed by atoms with van der Waals surface area (Å²) in [6, 6.07) is 20.2. The number of para-hydroxylation sites is 2. The minimum atomic E-state index is -4.04. The number of phenols is 4. The maximum atomic E-state index is 13.3. The van der Waals surface area contributed by atoms with Crippen LogP contribution in [0.1, 0.15) is 0 Å². The normalized spacial score (nSPS) is 11.4. The van der Waals surface area contributed by atoms with Gasteiger partial charge in [0, 0.05) is 22.3 Å². The van der Waals surface area contributed by atoms with E-state index in [2.05, 4.69) is 0 Å². The second-order valence-electron chi connectivity index (χ2n) is 6.90. The van der Waals surface area contributed by atoms with Crippen LogP contribution < -0.4 is 0 Å². The predicted octanol–water partition coefficient (Wildman–Crippen LogP) is 4.68. The summed E-state index contributed by atoms with van der Waals surface area (Å²) in [5.41, 5.74) is 0.910. The standard InChI is InChI=1S/C24H18O6S/c25-21-7-3-1-5-17(21)19-13-15(9-11-23(19)27)31(29,30)16-10-12-24(28)20(14-16)18-6-2-4-8-22(18)26/h1-14,25-28H. The van der Waals surface area contributed by atoms with Gasteiger partial charge in [-0.1, -0.05) is 36.4 Å². The molecule has 4 rings (SSSR count). The van der Waals surface area contributed by atoms with Crippen LogP contribution in [0.4, 0.5) is 0 Å². The van der Waals surface area contributed by atoms with E-state index in [0.29, 0.717) is 0 Å². The third-order valence-electron chi connectivity index (χ3n) is 4.95. The Balaban J connectivity index is 1.85. The maximum Gasteiger partial charge on any atom is 0.206 e. The van der Waals surface area contributed by atoms with Crippen LogP contribution >= 0.6 is 0 Å². The highest BCUT2D eigenvalue weighted by Crippen LogP contribution is 2.40. The van der Waals surface area contributed by atoms with Crippen molar-refractivity contribution in [2.75, 3.05) is 0 Å². The molecule has 7 heteroatoms. The van der Waals surface area contributed by atoms with Gasteiger partial charge in [-0.15, -0.1) is 0 Å². The first-order valence-corrected chi connectivity index (χ1v) is 10.7. The molecule has 31 heavy (non-hydrogen) atoms. The Morgan fingerprint density at radius 1 is 0.452 bits per heavy atom. The fourth-order valence-electron chi connectivity index (χ4n) is 3.33. The molecule has 0 aromatic heterocycles. The molecule has 0 radical (unpaired) electrons. The van der Waals surface area contributed by atoms with Crippen molar-refractivity contribution in [1.29, 1.82) is 0 Å². The zero-order valence-electron chi connectivity index (χ0n) is 16.1. The molecule has 0 aliphatic rings. The highest BCUT2D eigenvalue weighted by molar-refractivity contribution is 7.91. The molecule has 4 N–H and O–H groups in total. The molecule has 0 aliphatic carbocycles. The molecule has 4 aromatic rings. The molecule has 0 heterocycles. The zero-order valence-corrected chi connectivity index (χ0v) is 16.9. The van der Waals surface area contributed by atoms with Gasteiger partial charge in [-0.3, -0.25) is 0 Å². The average molecular weight is 434 g/mol. The summed E-state index contributed by atoms with van der Waals surface area (Å²) in [6.07, 6.45) is 0. The van der Waals surface area contributed by atoms with Crippen LogP contribution in [-0.4, -0.2) is 28.8 Å². The molecule has 0 aliphatic heterocycles. The highest BCUT2D eigenvalue weighted by atomic mass is 32.2. The minimum absolute atomic E-state index is 0.0983. The van der Waals surface area contributed by atoms with Crippen molar-refractivity contribution in [3.8, 4) is 45.3 Å². The maximum absolute atomic E-state index is 13.3. The smallest absolute Gasteiger partial charge is 0.206 e. The van der Waals surface area contributed by atoms with Gasteiger partial charge in [0.25, 0.3) is 0 Å². The molecule has 0 saturated heterocycles. The SMILES string of the molecule is O=S(=O)(c1ccc(O)c(-c2ccccc2O)c1)c1ccc(O)c(-c2ccccc2O)c1. The summed E-state index contributed by atoms with van der Waals surface area (Å²) in [6.45, 7) is 0. The van der Waals surface area contributed by atoms with Crippen LogP contribution in [0, 0.1) is 0 Å². The monoisotopic (exact) mass is 434 g/mol. The summed E-state index contributed by atoms with van der Waals surface area (Å²) < 4.78 is 26.6. The minimum Gasteiger partial charge on any atom is -0.507 e. The van der Waals surface area contributed by atoms with E-state index < -0.39 is 9.84 Å². The van der Waals surface area contributed by atoms with Gasteiger partial charge in [-0.2, -0.15) is 0 Å². The lowest BCUT2D eigenvalue weighted by molar-refractivity contribution is 0.468. The largest absolute Gasteiger partial charge is 0.507 e. The molecule has 0 saturated carbocycles. The predicted molar refractivity (Wildman–Crippen MR) is 116 cm³/mol. The molecule has 4 aromatic carbocycles. The first-order valence-electron chi connectivity index (χ1n) is 9.27. The van der Waals surface area contributed by atoms with Crippen molar-refractivity contribution >= 4 is 9.84 Å². The van der Waals surface area contributed by atoms with Gasteiger partial charge in [-0.05, 0) is 48.5 Å². The third kappa shape index (κ3) is 3.67. The Bertz CT molecular complexity index is 1290. The van der Waals surface area contributed by atoms with Crippen LogP contribution in [-0.2, 0) is 9.84 Å². The van der Waals surface area contributed by atoms with Crippen molar-refractivity contribution in [2.24, 2.45) is 0 Å². The van der Waals surface area contributed by atoms with Gasteiger partial charge >= 0.3 is 0 Å². The number of benzene rings is 4. The topological polar surface area (TPSA) is 115 Å². The number of hydrogen-bond donors (Lipinski definition) is 4. The number of phenolic OH excluding ortho intramolecular Hbond substituents is 4. The number of sulfone groups is 1. The van der Waals surface area contributed by atoms with Crippen molar-refractivity contribution in [3.05, 3.63) is 84.9 Å². The Morgan fingerprint density at radius 2 is 0.806 bits per heavy atom. The van der Waals surface area contributed by atoms with Gasteiger partial charge < -0.3 is 20.4 Å². The molecule has 6 nitrogen and oxygen atoms in total. The van der Waals surface area contributed by atoms with E-state index in [9.17, 15) is 28.8 Å². The number of hydrogen-bond acceptors (Lipinski definition) is 6. The molecular formula is C24H18O6S. The summed E-state index contributed by atoms with van der Waals surface area (Å²) in [5, 5.41) is 40.7. The van der Waals surface area contributed by atoms with Gasteiger partial charge in [-0.25, -0.2) is 8.42 Å². The average Bonchev–Trinajstić information content (AvgIpc) is 2.75. The third-order valence-corrected chi connectivity index (χ3v) is 6.69. The summed E-state index contributed by atoms with van der Waals surface area (Å²) in [7, 11) is -4.04. The Labute approximate surface area is 178 Å². The molecule has 0 atom stereocenters. The molecule has 0 amide bonds. The zero-order chi connectivity index (χ0) is 22.2. The summed E-state index contributed by atoms with van der Waals surface area (Å²) in [5.74, 6) is -0.556. The van der Waals surface area contributed by atoms with Crippen molar-refractivity contribution < 1.29 is 28.8 Å². The van der Waals surface area contributed by atoms with Gasteiger partial charge in [0.1, 0.15) is 23.0 Å². The van der Waals surface area contributed by atoms with Crippen LogP contribution in [0.15, 0.2) is 94.7 Å². The van der Waals surface area contributed by atoms with Gasteiger partial charge in [0.15, 0.2) is 0 Å². The Hall–Kier alpha value is -3.97. The van der Waals surface area contributed by atoms with Crippen LogP contribution in [0.2, 0.25) is 0 Å². The fraction of sp³-hybridized carbons (Fsp3) is 0. The van der Waals surface area contributed by atoms with E-state index in [1.807, 2.05) is 0 Å². The highest BCUT2D eigenvalue weighted by Gasteiger charge is 2.22. The van der Waals surface area contributed by atoms with Crippen molar-refractivity contribution in [1.82, 2.24) is 0 Å². The van der Waals surface area contributed by atoms with E-state index in [1.165, 1.54) is 48.5 Å². The molecular weight excluding hydrogens is 416 g/mol. The molecule has 0 bridgehead atoms. The molecule has 156 valence electrons. The second kappa shape index (κ2) is 7.70. The van der Waals surface area contributed by atoms with E-state index in [4.69, 9.17) is 0 Å². The Kier molecular flexibility index (Phi) is 5.04. The van der Waals surface area contributed by atoms with Gasteiger partial charge in [0.05, 0.1) is 9.79 Å². The number of rotatable bonds is 4. The number of aromatic hydroxyl groups is 4. The Morgan fingerprint density at radius 3 is 1.19 bits per heavy atom. The van der Waals surface area contributed by atoms with E-state index in [1.54, 1.807) is 36.4 Å². The van der Waals surface area contributed by atoms with Crippen molar-refractivity contribution in [3.63, 3.8) is 0 Å². The molecule has 0 fully saturated rings. The lowest BCUT2D eigenvalue weighted by atomic mass is 10.0. The lowest BCUT2D eigenvalue weighted by Gasteiger charge is -2.12. The van der Waals surface area contributed by atoms with E-state index in [-0.39, 0.29) is 55.0 Å². The lowest BCUT2D eigenvalue weighted by Crippen LogP contribution is -2.03. The summed E-state index contributed by atoms with van der Waals surface area (Å²) in [4.78, 5) is -0.199. The van der Waals surface area contributed by atoms with Crippen LogP contribution in [0.3, 0.4) is 0 Å². The molecule has 0 spiro atoms. The molecule has 0 unspecified atom stereocenters. The first kappa shape index (κ1) is 20.3. The van der Waals surface area contributed by atoms with Crippen LogP contribution in [0.25, 0.3) is 22.3 Å². The van der Waals surface area contributed by atoms with Crippen LogP contribution in [0.5, 0.6) is 23.0 Å². The fourth-order valence-corrected chi connectivity index (χ4v) is 4.65. The quantitative estimate of drug-likeness (QED) is 0.371.